The fraction of sp³-hybridized carbons (Fsp3) is 1.00. The lowest BCUT2D eigenvalue weighted by molar-refractivity contribution is 0.463. The molecular weight excluding hydrogens is 210 g/mol. The van der Waals surface area contributed by atoms with Gasteiger partial charge >= 0.3 is 0 Å². The Bertz CT molecular complexity index is 270. The topological polar surface area (TPSA) is 46.2 Å². The minimum absolute atomic E-state index is 0. The van der Waals surface area contributed by atoms with Crippen molar-refractivity contribution in [2.24, 2.45) is 0 Å². The van der Waals surface area contributed by atoms with E-state index in [0.717, 1.165) is 32.2 Å². The number of nitrogens with one attached hydrogen (secondary N) is 1. The average Bonchev–Trinajstić information content (AvgIpc) is 2.46. The van der Waals surface area contributed by atoms with Crippen LogP contribution in [0.4, 0.5) is 0 Å². The van der Waals surface area contributed by atoms with Gasteiger partial charge in [0.05, 0.1) is 10.5 Å². The van der Waals surface area contributed by atoms with Gasteiger partial charge in [-0.1, -0.05) is 6.42 Å². The summed E-state index contributed by atoms with van der Waals surface area (Å²) >= 11 is 0. The van der Waals surface area contributed by atoms with Gasteiger partial charge in [0.15, 0.2) is 9.84 Å². The lowest BCUT2D eigenvalue weighted by atomic mass is 10.00. The number of halogens is 1. The Kier molecular flexibility index (Phi) is 3.25. The van der Waals surface area contributed by atoms with Crippen LogP contribution in [0.15, 0.2) is 0 Å². The third-order valence-electron chi connectivity index (χ3n) is 3.16. The van der Waals surface area contributed by atoms with Crippen molar-refractivity contribution in [1.82, 2.24) is 5.32 Å². The maximum Gasteiger partial charge on any atom is 0.157 e. The molecule has 2 rings (SSSR count). The molecule has 1 spiro atoms. The Labute approximate surface area is 85.6 Å². The monoisotopic (exact) mass is 225 g/mol. The minimum Gasteiger partial charge on any atom is -0.315 e. The summed E-state index contributed by atoms with van der Waals surface area (Å²) in [6, 6.07) is 0. The normalized spacial score (nSPS) is 37.2. The van der Waals surface area contributed by atoms with Gasteiger partial charge in [0.2, 0.25) is 0 Å². The molecule has 1 atom stereocenters. The van der Waals surface area contributed by atoms with Gasteiger partial charge in [0, 0.05) is 6.54 Å². The van der Waals surface area contributed by atoms with Crippen molar-refractivity contribution in [2.75, 3.05) is 18.8 Å². The smallest absolute Gasteiger partial charge is 0.157 e. The van der Waals surface area contributed by atoms with Crippen LogP contribution in [0, 0.1) is 0 Å². The summed E-state index contributed by atoms with van der Waals surface area (Å²) in [6.07, 6.45) is 3.66. The van der Waals surface area contributed by atoms with Crippen LogP contribution in [0.2, 0.25) is 0 Å². The van der Waals surface area contributed by atoms with Crippen molar-refractivity contribution in [3.63, 3.8) is 0 Å². The summed E-state index contributed by atoms with van der Waals surface area (Å²) in [7, 11) is -2.79. The second-order valence-electron chi connectivity index (χ2n) is 3.89. The van der Waals surface area contributed by atoms with E-state index in [1.807, 2.05) is 0 Å². The molecule has 1 N–H and O–H groups in total. The molecular formula is C8H16ClNO2S. The van der Waals surface area contributed by atoms with Gasteiger partial charge in [-0.25, -0.2) is 8.42 Å². The zero-order valence-electron chi connectivity index (χ0n) is 7.58. The van der Waals surface area contributed by atoms with Gasteiger partial charge in [-0.15, -0.1) is 12.4 Å². The molecule has 3 nitrogen and oxygen atoms in total. The first-order chi connectivity index (χ1) is 5.66. The third kappa shape index (κ3) is 1.72. The first kappa shape index (κ1) is 11.3. The number of hydrogen-bond donors (Lipinski definition) is 1. The summed E-state index contributed by atoms with van der Waals surface area (Å²) in [5.74, 6) is 0.411. The van der Waals surface area contributed by atoms with E-state index >= 15 is 0 Å². The highest BCUT2D eigenvalue weighted by molar-refractivity contribution is 7.92. The lowest BCUT2D eigenvalue weighted by Crippen LogP contribution is -2.44. The molecule has 0 radical (unpaired) electrons. The molecule has 2 aliphatic rings. The van der Waals surface area contributed by atoms with Gasteiger partial charge in [-0.3, -0.25) is 0 Å². The number of hydrogen-bond acceptors (Lipinski definition) is 3. The van der Waals surface area contributed by atoms with E-state index in [4.69, 9.17) is 0 Å². The van der Waals surface area contributed by atoms with Crippen molar-refractivity contribution in [3.8, 4) is 0 Å². The van der Waals surface area contributed by atoms with E-state index in [2.05, 4.69) is 5.32 Å². The summed E-state index contributed by atoms with van der Waals surface area (Å²) < 4.78 is 23.2. The highest BCUT2D eigenvalue weighted by atomic mass is 35.5. The highest BCUT2D eigenvalue weighted by Gasteiger charge is 2.46. The molecule has 2 fully saturated rings. The van der Waals surface area contributed by atoms with Crippen molar-refractivity contribution in [1.29, 1.82) is 0 Å². The molecule has 0 aliphatic carbocycles. The Morgan fingerprint density at radius 1 is 1.15 bits per heavy atom. The van der Waals surface area contributed by atoms with Gasteiger partial charge < -0.3 is 5.32 Å². The first-order valence-corrected chi connectivity index (χ1v) is 6.25. The summed E-state index contributed by atoms with van der Waals surface area (Å²) in [4.78, 5) is 0. The summed E-state index contributed by atoms with van der Waals surface area (Å²) in [5.41, 5.74) is 0. The third-order valence-corrected chi connectivity index (χ3v) is 5.86. The predicted molar refractivity (Wildman–Crippen MR) is 55.1 cm³/mol. The maximum atomic E-state index is 11.8. The summed E-state index contributed by atoms with van der Waals surface area (Å²) in [6.45, 7) is 1.56. The van der Waals surface area contributed by atoms with Gasteiger partial charge in [0.1, 0.15) is 0 Å². The fourth-order valence-corrected chi connectivity index (χ4v) is 4.52. The molecule has 5 heteroatoms. The van der Waals surface area contributed by atoms with E-state index in [1.54, 1.807) is 0 Å². The van der Waals surface area contributed by atoms with Crippen LogP contribution in [0.5, 0.6) is 0 Å². The molecule has 78 valence electrons. The Balaban J connectivity index is 0.000000845. The second kappa shape index (κ2) is 3.75. The molecule has 0 aromatic heterocycles. The zero-order chi connectivity index (χ0) is 8.66. The van der Waals surface area contributed by atoms with E-state index in [9.17, 15) is 8.42 Å². The van der Waals surface area contributed by atoms with Crippen molar-refractivity contribution < 1.29 is 8.42 Å². The molecule has 0 aromatic rings. The van der Waals surface area contributed by atoms with Gasteiger partial charge in [-0.2, -0.15) is 0 Å². The highest BCUT2D eigenvalue weighted by Crippen LogP contribution is 2.35. The lowest BCUT2D eigenvalue weighted by Gasteiger charge is -2.31. The molecule has 13 heavy (non-hydrogen) atoms. The molecule has 2 aliphatic heterocycles. The van der Waals surface area contributed by atoms with Crippen molar-refractivity contribution in [3.05, 3.63) is 0 Å². The van der Waals surface area contributed by atoms with Crippen molar-refractivity contribution in [2.45, 2.75) is 30.4 Å². The Morgan fingerprint density at radius 3 is 2.46 bits per heavy atom. The molecule has 2 saturated heterocycles. The van der Waals surface area contributed by atoms with E-state index < -0.39 is 9.84 Å². The largest absolute Gasteiger partial charge is 0.315 e. The Morgan fingerprint density at radius 2 is 1.92 bits per heavy atom. The van der Waals surface area contributed by atoms with Crippen LogP contribution < -0.4 is 5.32 Å². The molecule has 1 unspecified atom stereocenters. The molecule has 0 saturated carbocycles. The van der Waals surface area contributed by atoms with Gasteiger partial charge in [0.25, 0.3) is 0 Å². The SMILES string of the molecule is Cl.O=S1(=O)CCCCC12CCNC2. The van der Waals surface area contributed by atoms with E-state index in [-0.39, 0.29) is 17.2 Å². The number of rotatable bonds is 0. The van der Waals surface area contributed by atoms with Crippen LogP contribution in [-0.4, -0.2) is 32.0 Å². The van der Waals surface area contributed by atoms with Crippen LogP contribution in [-0.2, 0) is 9.84 Å². The van der Waals surface area contributed by atoms with E-state index in [1.165, 1.54) is 0 Å². The molecule has 2 heterocycles. The van der Waals surface area contributed by atoms with Crippen LogP contribution >= 0.6 is 12.4 Å². The summed E-state index contributed by atoms with van der Waals surface area (Å²) in [5, 5.41) is 3.16. The standard InChI is InChI=1S/C8H15NO2S.ClH/c10-12(11)6-2-1-3-8(12)4-5-9-7-8;/h9H,1-7H2;1H. The van der Waals surface area contributed by atoms with Crippen LogP contribution in [0.3, 0.4) is 0 Å². The van der Waals surface area contributed by atoms with Gasteiger partial charge in [-0.05, 0) is 25.8 Å². The van der Waals surface area contributed by atoms with Crippen LogP contribution in [0.25, 0.3) is 0 Å². The quantitative estimate of drug-likeness (QED) is 0.662. The number of sulfone groups is 1. The second-order valence-corrected chi connectivity index (χ2v) is 6.39. The molecule has 0 bridgehead atoms. The van der Waals surface area contributed by atoms with Crippen molar-refractivity contribution >= 4 is 22.2 Å². The minimum atomic E-state index is -2.79. The maximum absolute atomic E-state index is 11.8. The van der Waals surface area contributed by atoms with Crippen LogP contribution in [0.1, 0.15) is 25.7 Å². The Hall–Kier alpha value is 0.200. The zero-order valence-corrected chi connectivity index (χ0v) is 9.22. The predicted octanol–water partition coefficient (Wildman–Crippen LogP) is 0.739. The first-order valence-electron chi connectivity index (χ1n) is 4.59. The fourth-order valence-electron chi connectivity index (χ4n) is 2.31. The molecule has 0 aromatic carbocycles. The van der Waals surface area contributed by atoms with E-state index in [0.29, 0.717) is 12.3 Å². The molecule has 0 amide bonds. The average molecular weight is 226 g/mol.